The van der Waals surface area contributed by atoms with Gasteiger partial charge in [0.2, 0.25) is 0 Å². The fourth-order valence-electron chi connectivity index (χ4n) is 4.60. The number of alkyl halides is 3. The van der Waals surface area contributed by atoms with Crippen molar-refractivity contribution in [1.29, 1.82) is 5.26 Å². The van der Waals surface area contributed by atoms with Crippen LogP contribution in [0.3, 0.4) is 0 Å². The number of carbonyl (C=O) groups excluding carboxylic acids is 1. The summed E-state index contributed by atoms with van der Waals surface area (Å²) in [5, 5.41) is 8.39. The Balaban J connectivity index is 1.41. The number of halogens is 4. The normalized spacial score (nSPS) is 27.2. The predicted octanol–water partition coefficient (Wildman–Crippen LogP) is 7.01. The minimum atomic E-state index is -4.33. The molecule has 0 heterocycles. The second-order valence-electron chi connectivity index (χ2n) is 8.65. The van der Waals surface area contributed by atoms with Crippen molar-refractivity contribution in [2.75, 3.05) is 0 Å². The lowest BCUT2D eigenvalue weighted by Crippen LogP contribution is -2.29. The number of ether oxygens (including phenoxy) is 1. The molecule has 2 saturated carbocycles. The second kappa shape index (κ2) is 10.8. The Morgan fingerprint density at radius 2 is 1.62 bits per heavy atom. The first-order valence-corrected chi connectivity index (χ1v) is 11.1. The van der Waals surface area contributed by atoms with Crippen molar-refractivity contribution >= 4 is 5.97 Å². The SMILES string of the molecule is N#CC(F)=CC=C[C@H]1CC[C@H](OC(=O)[C@H]2CC[C@H](c3ccc(C(F)(F)F)cc3)CC2)CC1. The van der Waals surface area contributed by atoms with Crippen LogP contribution >= 0.6 is 0 Å². The van der Waals surface area contributed by atoms with Crippen LogP contribution in [0, 0.1) is 23.2 Å². The summed E-state index contributed by atoms with van der Waals surface area (Å²) in [4.78, 5) is 12.6. The van der Waals surface area contributed by atoms with Gasteiger partial charge in [0.05, 0.1) is 11.5 Å². The highest BCUT2D eigenvalue weighted by atomic mass is 19.4. The van der Waals surface area contributed by atoms with E-state index in [4.69, 9.17) is 10.00 Å². The topological polar surface area (TPSA) is 50.1 Å². The molecule has 3 rings (SSSR count). The van der Waals surface area contributed by atoms with Gasteiger partial charge in [0, 0.05) is 0 Å². The van der Waals surface area contributed by atoms with Crippen LogP contribution in [-0.2, 0) is 15.7 Å². The molecular formula is C25H27F4NO2. The highest BCUT2D eigenvalue weighted by molar-refractivity contribution is 5.72. The van der Waals surface area contributed by atoms with Gasteiger partial charge in [0.25, 0.3) is 0 Å². The number of nitriles is 1. The average molecular weight is 449 g/mol. The van der Waals surface area contributed by atoms with Crippen molar-refractivity contribution in [3.8, 4) is 6.07 Å². The Bertz CT molecular complexity index is 867. The maximum atomic E-state index is 12.8. The quantitative estimate of drug-likeness (QED) is 0.210. The third-order valence-electron chi connectivity index (χ3n) is 6.50. The fraction of sp³-hybridized carbons (Fsp3) is 0.520. The van der Waals surface area contributed by atoms with E-state index in [9.17, 15) is 22.4 Å². The van der Waals surface area contributed by atoms with Crippen molar-refractivity contribution < 1.29 is 27.1 Å². The second-order valence-corrected chi connectivity index (χ2v) is 8.65. The molecule has 0 amide bonds. The fourth-order valence-corrected chi connectivity index (χ4v) is 4.60. The van der Waals surface area contributed by atoms with Gasteiger partial charge in [-0.05, 0) is 87.0 Å². The van der Waals surface area contributed by atoms with Gasteiger partial charge in [0.15, 0.2) is 5.83 Å². The van der Waals surface area contributed by atoms with E-state index in [1.807, 2.05) is 6.08 Å². The van der Waals surface area contributed by atoms with Gasteiger partial charge in [-0.25, -0.2) is 0 Å². The zero-order valence-corrected chi connectivity index (χ0v) is 17.8. The van der Waals surface area contributed by atoms with Gasteiger partial charge in [-0.1, -0.05) is 24.3 Å². The van der Waals surface area contributed by atoms with Crippen LogP contribution in [0.25, 0.3) is 0 Å². The minimum Gasteiger partial charge on any atom is -0.462 e. The molecule has 0 bridgehead atoms. The van der Waals surface area contributed by atoms with E-state index in [1.54, 1.807) is 18.2 Å². The van der Waals surface area contributed by atoms with Crippen LogP contribution in [0.2, 0.25) is 0 Å². The third kappa shape index (κ3) is 6.69. The largest absolute Gasteiger partial charge is 0.462 e. The molecule has 32 heavy (non-hydrogen) atoms. The van der Waals surface area contributed by atoms with E-state index in [2.05, 4.69) is 0 Å². The Hall–Kier alpha value is -2.62. The molecule has 1 aromatic carbocycles. The molecule has 3 nitrogen and oxygen atoms in total. The zero-order chi connectivity index (χ0) is 23.1. The number of allylic oxidation sites excluding steroid dienone is 4. The van der Waals surface area contributed by atoms with Gasteiger partial charge < -0.3 is 4.74 Å². The lowest BCUT2D eigenvalue weighted by atomic mass is 9.78. The van der Waals surface area contributed by atoms with E-state index in [0.717, 1.165) is 62.3 Å². The molecule has 2 aliphatic carbocycles. The molecule has 0 unspecified atom stereocenters. The summed E-state index contributed by atoms with van der Waals surface area (Å²) in [6.45, 7) is 0. The van der Waals surface area contributed by atoms with Gasteiger partial charge in [-0.15, -0.1) is 0 Å². The van der Waals surface area contributed by atoms with Crippen LogP contribution in [0.15, 0.2) is 48.3 Å². The van der Waals surface area contributed by atoms with Crippen LogP contribution in [-0.4, -0.2) is 12.1 Å². The first-order chi connectivity index (χ1) is 15.3. The van der Waals surface area contributed by atoms with Crippen molar-refractivity contribution in [1.82, 2.24) is 0 Å². The number of hydrogen-bond acceptors (Lipinski definition) is 3. The number of hydrogen-bond donors (Lipinski definition) is 0. The Labute approximate surface area is 185 Å². The molecule has 0 aliphatic heterocycles. The minimum absolute atomic E-state index is 0.105. The van der Waals surface area contributed by atoms with Crippen molar-refractivity contribution in [2.45, 2.75) is 69.6 Å². The molecule has 0 radical (unpaired) electrons. The molecule has 0 spiro atoms. The lowest BCUT2D eigenvalue weighted by Gasteiger charge is -2.31. The third-order valence-corrected chi connectivity index (χ3v) is 6.50. The number of nitrogens with zero attached hydrogens (tertiary/aromatic N) is 1. The average Bonchev–Trinajstić information content (AvgIpc) is 2.79. The highest BCUT2D eigenvalue weighted by Crippen LogP contribution is 2.38. The predicted molar refractivity (Wildman–Crippen MR) is 112 cm³/mol. The molecule has 0 N–H and O–H groups in total. The maximum Gasteiger partial charge on any atom is 0.416 e. The van der Waals surface area contributed by atoms with E-state index in [-0.39, 0.29) is 29.8 Å². The smallest absolute Gasteiger partial charge is 0.416 e. The summed E-state index contributed by atoms with van der Waals surface area (Å²) < 4.78 is 56.7. The number of esters is 1. The summed E-state index contributed by atoms with van der Waals surface area (Å²) >= 11 is 0. The van der Waals surface area contributed by atoms with Crippen molar-refractivity contribution in [3.05, 3.63) is 59.4 Å². The molecule has 2 aliphatic rings. The first kappa shape index (κ1) is 24.0. The van der Waals surface area contributed by atoms with Crippen LogP contribution < -0.4 is 0 Å². The van der Waals surface area contributed by atoms with Gasteiger partial charge in [0.1, 0.15) is 12.2 Å². The zero-order valence-electron chi connectivity index (χ0n) is 17.8. The number of rotatable bonds is 5. The van der Waals surface area contributed by atoms with E-state index in [1.165, 1.54) is 6.07 Å². The summed E-state index contributed by atoms with van der Waals surface area (Å²) in [6, 6.07) is 6.76. The van der Waals surface area contributed by atoms with Crippen LogP contribution in [0.5, 0.6) is 0 Å². The van der Waals surface area contributed by atoms with E-state index >= 15 is 0 Å². The number of carbonyl (C=O) groups is 1. The van der Waals surface area contributed by atoms with Gasteiger partial charge >= 0.3 is 12.1 Å². The molecular weight excluding hydrogens is 422 g/mol. The Morgan fingerprint density at radius 1 is 1.00 bits per heavy atom. The van der Waals surface area contributed by atoms with Crippen LogP contribution in [0.4, 0.5) is 17.6 Å². The molecule has 172 valence electrons. The molecule has 0 aromatic heterocycles. The maximum absolute atomic E-state index is 12.8. The highest BCUT2D eigenvalue weighted by Gasteiger charge is 2.32. The number of benzene rings is 1. The lowest BCUT2D eigenvalue weighted by molar-refractivity contribution is -0.157. The monoisotopic (exact) mass is 449 g/mol. The van der Waals surface area contributed by atoms with Crippen molar-refractivity contribution in [3.63, 3.8) is 0 Å². The molecule has 0 saturated heterocycles. The molecule has 1 aromatic rings. The van der Waals surface area contributed by atoms with E-state index in [0.29, 0.717) is 12.8 Å². The molecule has 7 heteroatoms. The van der Waals surface area contributed by atoms with Crippen LogP contribution in [0.1, 0.15) is 68.4 Å². The summed E-state index contributed by atoms with van der Waals surface area (Å²) in [6.07, 6.45) is 6.23. The van der Waals surface area contributed by atoms with Crippen molar-refractivity contribution in [2.24, 2.45) is 11.8 Å². The summed E-state index contributed by atoms with van der Waals surface area (Å²) in [5.41, 5.74) is 0.246. The molecule has 2 fully saturated rings. The van der Waals surface area contributed by atoms with Gasteiger partial charge in [-0.3, -0.25) is 4.79 Å². The molecule has 0 atom stereocenters. The van der Waals surface area contributed by atoms with E-state index < -0.39 is 17.6 Å². The standard InChI is InChI=1S/C25H27F4NO2/c26-22(16-30)3-1-2-17-4-14-23(15-5-17)32-24(31)20-8-6-18(7-9-20)19-10-12-21(13-11-19)25(27,28)29/h1-3,10-13,17-18,20,23H,4-9,14-15H2/t17-,18-,20-,23-. The summed E-state index contributed by atoms with van der Waals surface area (Å²) in [5.74, 6) is -0.696. The Morgan fingerprint density at radius 3 is 2.19 bits per heavy atom. The summed E-state index contributed by atoms with van der Waals surface area (Å²) in [7, 11) is 0. The van der Waals surface area contributed by atoms with Gasteiger partial charge in [-0.2, -0.15) is 22.8 Å². The first-order valence-electron chi connectivity index (χ1n) is 11.1. The Kier molecular flexibility index (Phi) is 8.11.